The fourth-order valence-corrected chi connectivity index (χ4v) is 3.73. The van der Waals surface area contributed by atoms with Gasteiger partial charge < -0.3 is 5.11 Å². The summed E-state index contributed by atoms with van der Waals surface area (Å²) in [5.74, 6) is -0.581. The summed E-state index contributed by atoms with van der Waals surface area (Å²) >= 11 is 7.57. The van der Waals surface area contributed by atoms with Gasteiger partial charge in [-0.25, -0.2) is 4.98 Å². The number of carboxylic acids is 1. The topological polar surface area (TPSA) is 72.2 Å². The third-order valence-electron chi connectivity index (χ3n) is 3.65. The number of halogens is 1. The maximum atomic E-state index is 12.8. The summed E-state index contributed by atoms with van der Waals surface area (Å²) in [4.78, 5) is 28.3. The van der Waals surface area contributed by atoms with Crippen molar-refractivity contribution < 1.29 is 9.90 Å². The van der Waals surface area contributed by atoms with Crippen LogP contribution < -0.4 is 5.56 Å². The molecule has 0 unspecified atom stereocenters. The van der Waals surface area contributed by atoms with E-state index in [1.807, 2.05) is 36.4 Å². The molecule has 0 bridgehead atoms. The van der Waals surface area contributed by atoms with Gasteiger partial charge >= 0.3 is 5.97 Å². The smallest absolute Gasteiger partial charge is 0.323 e. The molecule has 5 nitrogen and oxygen atoms in total. The average molecular weight is 387 g/mol. The zero-order valence-electron chi connectivity index (χ0n) is 13.6. The molecule has 0 saturated heterocycles. The van der Waals surface area contributed by atoms with Crippen molar-refractivity contribution in [2.75, 3.05) is 0 Å². The standard InChI is InChI=1S/C19H15ClN2O3S/c20-17-16(14-9-5-2-6-10-14)22(11-15(23)24)19(25)18(21-17)26-12-13-7-3-1-4-8-13/h1-10H,11-12H2,(H,23,24). The van der Waals surface area contributed by atoms with Gasteiger partial charge in [-0.2, -0.15) is 0 Å². The lowest BCUT2D eigenvalue weighted by Gasteiger charge is -2.14. The highest BCUT2D eigenvalue weighted by atomic mass is 35.5. The molecule has 7 heteroatoms. The van der Waals surface area contributed by atoms with Crippen LogP contribution in [0.5, 0.6) is 0 Å². The Labute approximate surface area is 159 Å². The quantitative estimate of drug-likeness (QED) is 0.649. The van der Waals surface area contributed by atoms with Crippen LogP contribution in [0.25, 0.3) is 11.3 Å². The van der Waals surface area contributed by atoms with E-state index in [1.54, 1.807) is 24.3 Å². The van der Waals surface area contributed by atoms with Gasteiger partial charge in [-0.05, 0) is 5.56 Å². The van der Waals surface area contributed by atoms with Gasteiger partial charge in [-0.1, -0.05) is 84.0 Å². The predicted octanol–water partition coefficient (Wildman–Crippen LogP) is 3.94. The minimum Gasteiger partial charge on any atom is -0.480 e. The lowest BCUT2D eigenvalue weighted by atomic mass is 10.1. The molecule has 0 radical (unpaired) electrons. The van der Waals surface area contributed by atoms with Gasteiger partial charge in [-0.15, -0.1) is 0 Å². The van der Waals surface area contributed by atoms with Crippen molar-refractivity contribution in [2.24, 2.45) is 0 Å². The molecule has 1 N–H and O–H groups in total. The van der Waals surface area contributed by atoms with Crippen LogP contribution in [-0.4, -0.2) is 20.6 Å². The van der Waals surface area contributed by atoms with Crippen LogP contribution >= 0.6 is 23.4 Å². The van der Waals surface area contributed by atoms with Crippen LogP contribution in [0.1, 0.15) is 5.56 Å². The summed E-state index contributed by atoms with van der Waals surface area (Å²) in [7, 11) is 0. The average Bonchev–Trinajstić information content (AvgIpc) is 2.64. The number of hydrogen-bond donors (Lipinski definition) is 1. The number of nitrogens with zero attached hydrogens (tertiary/aromatic N) is 2. The number of benzene rings is 2. The van der Waals surface area contributed by atoms with Gasteiger partial charge in [-0.3, -0.25) is 14.2 Å². The van der Waals surface area contributed by atoms with Gasteiger partial charge in [0.2, 0.25) is 0 Å². The first-order valence-corrected chi connectivity index (χ1v) is 9.17. The molecule has 132 valence electrons. The zero-order chi connectivity index (χ0) is 18.5. The van der Waals surface area contributed by atoms with Crippen molar-refractivity contribution in [1.29, 1.82) is 0 Å². The highest BCUT2D eigenvalue weighted by Crippen LogP contribution is 2.28. The van der Waals surface area contributed by atoms with Crippen molar-refractivity contribution in [3.05, 3.63) is 81.7 Å². The predicted molar refractivity (Wildman–Crippen MR) is 103 cm³/mol. The van der Waals surface area contributed by atoms with Gasteiger partial charge in [0.05, 0.1) is 5.69 Å². The summed E-state index contributed by atoms with van der Waals surface area (Å²) in [6.45, 7) is -0.482. The molecule has 0 aliphatic rings. The van der Waals surface area contributed by atoms with Crippen molar-refractivity contribution in [1.82, 2.24) is 9.55 Å². The molecule has 0 amide bonds. The highest BCUT2D eigenvalue weighted by molar-refractivity contribution is 7.98. The lowest BCUT2D eigenvalue weighted by Crippen LogP contribution is -2.28. The fourth-order valence-electron chi connectivity index (χ4n) is 2.50. The van der Waals surface area contributed by atoms with Crippen molar-refractivity contribution in [2.45, 2.75) is 17.3 Å². The van der Waals surface area contributed by atoms with Crippen LogP contribution in [0.3, 0.4) is 0 Å². The number of aliphatic carboxylic acids is 1. The third-order valence-corrected chi connectivity index (χ3v) is 4.93. The number of rotatable bonds is 6. The Morgan fingerprint density at radius 1 is 1.08 bits per heavy atom. The fraction of sp³-hybridized carbons (Fsp3) is 0.105. The van der Waals surface area contributed by atoms with Crippen molar-refractivity contribution in [3.8, 4) is 11.3 Å². The van der Waals surface area contributed by atoms with Crippen LogP contribution in [0, 0.1) is 0 Å². The number of thioether (sulfide) groups is 1. The molecule has 0 aliphatic heterocycles. The van der Waals surface area contributed by atoms with Crippen molar-refractivity contribution >= 4 is 29.3 Å². The van der Waals surface area contributed by atoms with E-state index < -0.39 is 18.1 Å². The monoisotopic (exact) mass is 386 g/mol. The summed E-state index contributed by atoms with van der Waals surface area (Å²) < 4.78 is 1.17. The summed E-state index contributed by atoms with van der Waals surface area (Å²) in [6.07, 6.45) is 0. The third kappa shape index (κ3) is 4.15. The second-order valence-corrected chi connectivity index (χ2v) is 6.80. The first kappa shape index (κ1) is 18.2. The van der Waals surface area contributed by atoms with Gasteiger partial charge in [0.15, 0.2) is 10.2 Å². The molecule has 0 spiro atoms. The normalized spacial score (nSPS) is 10.7. The Hall–Kier alpha value is -2.57. The number of aromatic nitrogens is 2. The highest BCUT2D eigenvalue weighted by Gasteiger charge is 2.19. The molecular formula is C19H15ClN2O3S. The minimum absolute atomic E-state index is 0.104. The molecule has 2 aromatic carbocycles. The van der Waals surface area contributed by atoms with E-state index in [9.17, 15) is 14.7 Å². The molecular weight excluding hydrogens is 372 g/mol. The molecule has 1 aromatic heterocycles. The largest absolute Gasteiger partial charge is 0.480 e. The van der Waals surface area contributed by atoms with E-state index in [0.29, 0.717) is 17.0 Å². The van der Waals surface area contributed by atoms with Gasteiger partial charge in [0.25, 0.3) is 5.56 Å². The van der Waals surface area contributed by atoms with E-state index in [1.165, 1.54) is 16.3 Å². The molecule has 0 atom stereocenters. The lowest BCUT2D eigenvalue weighted by molar-refractivity contribution is -0.137. The van der Waals surface area contributed by atoms with Gasteiger partial charge in [0.1, 0.15) is 6.54 Å². The first-order valence-electron chi connectivity index (χ1n) is 7.80. The maximum absolute atomic E-state index is 12.8. The molecule has 0 saturated carbocycles. The molecule has 0 fully saturated rings. The Bertz CT molecular complexity index is 975. The molecule has 3 aromatic rings. The molecule has 0 aliphatic carbocycles. The first-order chi connectivity index (χ1) is 12.6. The van der Waals surface area contributed by atoms with Crippen molar-refractivity contribution in [3.63, 3.8) is 0 Å². The van der Waals surface area contributed by atoms with E-state index in [-0.39, 0.29) is 10.2 Å². The Morgan fingerprint density at radius 2 is 1.69 bits per heavy atom. The number of carbonyl (C=O) groups is 1. The Balaban J connectivity index is 2.04. The number of carboxylic acid groups (broad SMARTS) is 1. The van der Waals surface area contributed by atoms with Crippen LogP contribution in [0.15, 0.2) is 70.5 Å². The minimum atomic E-state index is -1.12. The molecule has 1 heterocycles. The molecule has 26 heavy (non-hydrogen) atoms. The Kier molecular flexibility index (Phi) is 5.75. The summed E-state index contributed by atoms with van der Waals surface area (Å²) in [6, 6.07) is 18.6. The number of hydrogen-bond acceptors (Lipinski definition) is 4. The van der Waals surface area contributed by atoms with Crippen LogP contribution in [0.4, 0.5) is 0 Å². The molecule has 3 rings (SSSR count). The second kappa shape index (κ2) is 8.21. The SMILES string of the molecule is O=C(O)Cn1c(-c2ccccc2)c(Cl)nc(SCc2ccccc2)c1=O. The summed E-state index contributed by atoms with van der Waals surface area (Å²) in [5, 5.41) is 9.51. The van der Waals surface area contributed by atoms with Crippen LogP contribution in [0.2, 0.25) is 5.15 Å². The van der Waals surface area contributed by atoms with E-state index >= 15 is 0 Å². The van der Waals surface area contributed by atoms with E-state index in [4.69, 9.17) is 11.6 Å². The maximum Gasteiger partial charge on any atom is 0.323 e. The zero-order valence-corrected chi connectivity index (χ0v) is 15.2. The summed E-state index contributed by atoms with van der Waals surface area (Å²) in [5.41, 5.74) is 1.52. The second-order valence-electron chi connectivity index (χ2n) is 5.48. The van der Waals surface area contributed by atoms with Gasteiger partial charge in [0, 0.05) is 11.3 Å². The van der Waals surface area contributed by atoms with E-state index in [2.05, 4.69) is 4.98 Å². The Morgan fingerprint density at radius 3 is 2.31 bits per heavy atom. The van der Waals surface area contributed by atoms with Crippen LogP contribution in [-0.2, 0) is 17.1 Å². The van der Waals surface area contributed by atoms with E-state index in [0.717, 1.165) is 5.56 Å².